The highest BCUT2D eigenvalue weighted by Crippen LogP contribution is 2.27. The van der Waals surface area contributed by atoms with Crippen molar-refractivity contribution in [2.24, 2.45) is 0 Å². The average molecular weight is 297 g/mol. The number of carbonyl (C=O) groups excluding carboxylic acids is 1. The van der Waals surface area contributed by atoms with Crippen molar-refractivity contribution in [1.82, 2.24) is 9.97 Å². The first-order valence-electron chi connectivity index (χ1n) is 6.59. The van der Waals surface area contributed by atoms with E-state index in [1.807, 2.05) is 44.2 Å². The summed E-state index contributed by atoms with van der Waals surface area (Å²) in [5, 5.41) is 0.303. The predicted molar refractivity (Wildman–Crippen MR) is 84.6 cm³/mol. The lowest BCUT2D eigenvalue weighted by Gasteiger charge is -2.10. The van der Waals surface area contributed by atoms with Gasteiger partial charge in [0, 0.05) is 17.1 Å². The summed E-state index contributed by atoms with van der Waals surface area (Å²) in [5.41, 5.74) is 4.72. The van der Waals surface area contributed by atoms with Crippen LogP contribution in [0.1, 0.15) is 21.5 Å². The fourth-order valence-electron chi connectivity index (χ4n) is 2.49. The molecule has 3 aromatic rings. The van der Waals surface area contributed by atoms with Gasteiger partial charge in [0.25, 0.3) is 5.24 Å². The van der Waals surface area contributed by atoms with Gasteiger partial charge in [-0.2, -0.15) is 0 Å². The zero-order valence-corrected chi connectivity index (χ0v) is 12.5. The third-order valence-corrected chi connectivity index (χ3v) is 3.59. The molecule has 4 heteroatoms. The first-order chi connectivity index (χ1) is 10.1. The molecule has 3 nitrogen and oxygen atoms in total. The average Bonchev–Trinajstić information content (AvgIpc) is 2.47. The number of benzene rings is 1. The normalized spacial score (nSPS) is 10.8. The van der Waals surface area contributed by atoms with Crippen molar-refractivity contribution in [3.63, 3.8) is 0 Å². The summed E-state index contributed by atoms with van der Waals surface area (Å²) in [7, 11) is 0. The summed E-state index contributed by atoms with van der Waals surface area (Å²) < 4.78 is 0. The van der Waals surface area contributed by atoms with E-state index >= 15 is 0 Å². The van der Waals surface area contributed by atoms with Gasteiger partial charge in [0.15, 0.2) is 0 Å². The van der Waals surface area contributed by atoms with E-state index in [-0.39, 0.29) is 0 Å². The smallest absolute Gasteiger partial charge is 0.253 e. The van der Waals surface area contributed by atoms with E-state index in [4.69, 9.17) is 11.6 Å². The molecule has 0 aliphatic rings. The number of carbonyl (C=O) groups is 1. The van der Waals surface area contributed by atoms with Gasteiger partial charge in [0.05, 0.1) is 16.9 Å². The van der Waals surface area contributed by atoms with Crippen molar-refractivity contribution in [3.05, 3.63) is 59.3 Å². The van der Waals surface area contributed by atoms with Gasteiger partial charge in [-0.05, 0) is 55.3 Å². The maximum absolute atomic E-state index is 11.8. The van der Waals surface area contributed by atoms with Crippen LogP contribution in [0.4, 0.5) is 0 Å². The Morgan fingerprint density at radius 3 is 2.57 bits per heavy atom. The topological polar surface area (TPSA) is 42.9 Å². The molecule has 0 unspecified atom stereocenters. The molecule has 21 heavy (non-hydrogen) atoms. The highest BCUT2D eigenvalue weighted by molar-refractivity contribution is 6.68. The van der Waals surface area contributed by atoms with Crippen LogP contribution in [0, 0.1) is 13.8 Å². The molecular weight excluding hydrogens is 284 g/mol. The number of hydrogen-bond acceptors (Lipinski definition) is 3. The minimum Gasteiger partial charge on any atom is -0.276 e. The zero-order chi connectivity index (χ0) is 15.0. The summed E-state index contributed by atoms with van der Waals surface area (Å²) in [4.78, 5) is 20.7. The molecule has 104 valence electrons. The monoisotopic (exact) mass is 296 g/mol. The summed E-state index contributed by atoms with van der Waals surface area (Å²) in [5.74, 6) is 0. The molecule has 2 heterocycles. The first kappa shape index (κ1) is 13.7. The molecule has 0 radical (unpaired) electrons. The lowest BCUT2D eigenvalue weighted by Crippen LogP contribution is -1.98. The van der Waals surface area contributed by atoms with Crippen LogP contribution in [0.25, 0.3) is 22.3 Å². The maximum atomic E-state index is 11.8. The van der Waals surface area contributed by atoms with Crippen LogP contribution in [0.15, 0.2) is 42.6 Å². The second-order valence-corrected chi connectivity index (χ2v) is 5.37. The third kappa shape index (κ3) is 2.52. The molecule has 0 aliphatic carbocycles. The molecular formula is C17H13ClN2O. The van der Waals surface area contributed by atoms with Gasteiger partial charge >= 0.3 is 0 Å². The molecule has 3 rings (SSSR count). The summed E-state index contributed by atoms with van der Waals surface area (Å²) in [6, 6.07) is 11.3. The number of aromatic nitrogens is 2. The molecule has 0 saturated heterocycles. The van der Waals surface area contributed by atoms with Crippen LogP contribution in [-0.2, 0) is 0 Å². The Morgan fingerprint density at radius 1 is 1.10 bits per heavy atom. The van der Waals surface area contributed by atoms with Crippen molar-refractivity contribution >= 4 is 27.7 Å². The van der Waals surface area contributed by atoms with Gasteiger partial charge in [-0.3, -0.25) is 9.78 Å². The highest BCUT2D eigenvalue weighted by atomic mass is 35.5. The Kier molecular flexibility index (Phi) is 3.43. The van der Waals surface area contributed by atoms with Crippen LogP contribution in [0.5, 0.6) is 0 Å². The standard InChI is InChI=1S/C17H13ClN2O/c1-10-7-11(2)16-12(8-10)13(17(18)21)9-15(20-16)14-5-3-4-6-19-14/h3-9H,1-2H3. The van der Waals surface area contributed by atoms with Crippen LogP contribution in [0.3, 0.4) is 0 Å². The van der Waals surface area contributed by atoms with Crippen LogP contribution in [0.2, 0.25) is 0 Å². The Morgan fingerprint density at radius 2 is 1.90 bits per heavy atom. The minimum absolute atomic E-state index is 0.467. The van der Waals surface area contributed by atoms with Crippen molar-refractivity contribution < 1.29 is 4.79 Å². The molecule has 1 aromatic carbocycles. The summed E-state index contributed by atoms with van der Waals surface area (Å²) in [6.07, 6.45) is 1.70. The summed E-state index contributed by atoms with van der Waals surface area (Å²) in [6.45, 7) is 3.97. The molecule has 0 aliphatic heterocycles. The molecule has 0 amide bonds. The molecule has 2 aromatic heterocycles. The Bertz CT molecular complexity index is 844. The number of nitrogens with zero attached hydrogens (tertiary/aromatic N) is 2. The number of aryl methyl sites for hydroxylation is 2. The molecule has 0 spiro atoms. The van der Waals surface area contributed by atoms with E-state index in [1.54, 1.807) is 12.3 Å². The molecule has 0 bridgehead atoms. The largest absolute Gasteiger partial charge is 0.276 e. The highest BCUT2D eigenvalue weighted by Gasteiger charge is 2.14. The number of fused-ring (bicyclic) bond motifs is 1. The van der Waals surface area contributed by atoms with Crippen LogP contribution >= 0.6 is 11.6 Å². The molecule has 0 N–H and O–H groups in total. The van der Waals surface area contributed by atoms with Gasteiger partial charge in [-0.25, -0.2) is 4.98 Å². The summed E-state index contributed by atoms with van der Waals surface area (Å²) >= 11 is 5.76. The zero-order valence-electron chi connectivity index (χ0n) is 11.7. The number of pyridine rings is 2. The Hall–Kier alpha value is -2.26. The van der Waals surface area contributed by atoms with Crippen molar-refractivity contribution in [2.75, 3.05) is 0 Å². The number of halogens is 1. The third-order valence-electron chi connectivity index (χ3n) is 3.39. The lowest BCUT2D eigenvalue weighted by atomic mass is 10.0. The van der Waals surface area contributed by atoms with Crippen LogP contribution in [-0.4, -0.2) is 15.2 Å². The van der Waals surface area contributed by atoms with Gasteiger partial charge < -0.3 is 0 Å². The van der Waals surface area contributed by atoms with E-state index in [0.29, 0.717) is 11.3 Å². The molecule has 0 saturated carbocycles. The SMILES string of the molecule is Cc1cc(C)c2nc(-c3ccccn3)cc(C(=O)Cl)c2c1. The quantitative estimate of drug-likeness (QED) is 0.662. The van der Waals surface area contributed by atoms with E-state index in [0.717, 1.165) is 27.7 Å². The van der Waals surface area contributed by atoms with E-state index in [9.17, 15) is 4.79 Å². The van der Waals surface area contributed by atoms with Gasteiger partial charge in [-0.15, -0.1) is 0 Å². The first-order valence-corrected chi connectivity index (χ1v) is 6.97. The molecule has 0 atom stereocenters. The van der Waals surface area contributed by atoms with Gasteiger partial charge in [0.1, 0.15) is 0 Å². The fraction of sp³-hybridized carbons (Fsp3) is 0.118. The van der Waals surface area contributed by atoms with Crippen molar-refractivity contribution in [3.8, 4) is 11.4 Å². The van der Waals surface area contributed by atoms with Crippen LogP contribution < -0.4 is 0 Å². The fourth-order valence-corrected chi connectivity index (χ4v) is 2.65. The second kappa shape index (κ2) is 5.26. The lowest BCUT2D eigenvalue weighted by molar-refractivity contribution is 0.108. The minimum atomic E-state index is -0.482. The van der Waals surface area contributed by atoms with E-state index < -0.39 is 5.24 Å². The van der Waals surface area contributed by atoms with Crippen molar-refractivity contribution in [2.45, 2.75) is 13.8 Å². The number of hydrogen-bond donors (Lipinski definition) is 0. The maximum Gasteiger partial charge on any atom is 0.253 e. The van der Waals surface area contributed by atoms with Gasteiger partial charge in [-0.1, -0.05) is 17.7 Å². The number of rotatable bonds is 2. The second-order valence-electron chi connectivity index (χ2n) is 5.02. The Balaban J connectivity index is 2.38. The van der Waals surface area contributed by atoms with E-state index in [1.165, 1.54) is 0 Å². The molecule has 0 fully saturated rings. The predicted octanol–water partition coefficient (Wildman–Crippen LogP) is 4.29. The Labute approximate surface area is 127 Å². The van der Waals surface area contributed by atoms with Gasteiger partial charge in [0.2, 0.25) is 0 Å². The van der Waals surface area contributed by atoms with Crippen molar-refractivity contribution in [1.29, 1.82) is 0 Å². The van der Waals surface area contributed by atoms with E-state index in [2.05, 4.69) is 9.97 Å².